The first-order valence-corrected chi connectivity index (χ1v) is 15.6. The summed E-state index contributed by atoms with van der Waals surface area (Å²) in [6.45, 7) is 17.5. The first-order chi connectivity index (χ1) is 14.4. The smallest absolute Gasteiger partial charge is 0.0197 e. The van der Waals surface area contributed by atoms with Crippen LogP contribution in [0.5, 0.6) is 0 Å². The maximum Gasteiger partial charge on any atom is 0.0197 e. The summed E-state index contributed by atoms with van der Waals surface area (Å²) >= 11 is 5.47. The highest BCUT2D eigenvalue weighted by Crippen LogP contribution is 2.55. The normalized spacial score (nSPS) is 40.5. The van der Waals surface area contributed by atoms with E-state index in [-0.39, 0.29) is 0 Å². The SMILES string of the molecule is CC[C@H]1CCC=C([C@H]2CC(C(C)(C)I)[C@@H](C)C(C)C2CC2CCC(C(C)(C)I)CC2)C1. The van der Waals surface area contributed by atoms with Gasteiger partial charge in [-0.3, -0.25) is 0 Å². The fraction of sp³-hybridized carbons (Fsp3) is 0.931. The van der Waals surface area contributed by atoms with E-state index in [1.165, 1.54) is 64.2 Å². The van der Waals surface area contributed by atoms with E-state index < -0.39 is 0 Å². The van der Waals surface area contributed by atoms with Crippen molar-refractivity contribution in [1.29, 1.82) is 0 Å². The second-order valence-corrected chi connectivity index (χ2v) is 18.3. The molecular weight excluding hydrogens is 602 g/mol. The summed E-state index contributed by atoms with van der Waals surface area (Å²) in [5.74, 6) is 7.19. The minimum Gasteiger partial charge on any atom is -0.0850 e. The van der Waals surface area contributed by atoms with Gasteiger partial charge in [-0.15, -0.1) is 0 Å². The Bertz CT molecular complexity index is 599. The van der Waals surface area contributed by atoms with Crippen LogP contribution in [0.15, 0.2) is 11.6 Å². The van der Waals surface area contributed by atoms with Gasteiger partial charge in [-0.25, -0.2) is 0 Å². The van der Waals surface area contributed by atoms with Crippen LogP contribution in [0, 0.1) is 47.3 Å². The van der Waals surface area contributed by atoms with E-state index in [1.807, 2.05) is 5.57 Å². The van der Waals surface area contributed by atoms with Crippen LogP contribution in [0.25, 0.3) is 0 Å². The lowest BCUT2D eigenvalue weighted by Gasteiger charge is -2.51. The molecule has 0 heterocycles. The van der Waals surface area contributed by atoms with Gasteiger partial charge in [-0.05, 0) is 92.3 Å². The van der Waals surface area contributed by atoms with Gasteiger partial charge >= 0.3 is 0 Å². The van der Waals surface area contributed by atoms with Crippen molar-refractivity contribution in [1.82, 2.24) is 0 Å². The van der Waals surface area contributed by atoms with Crippen molar-refractivity contribution in [2.75, 3.05) is 0 Å². The van der Waals surface area contributed by atoms with Gasteiger partial charge in [-0.2, -0.15) is 0 Å². The third-order valence-corrected chi connectivity index (χ3v) is 11.7. The average molecular weight is 653 g/mol. The van der Waals surface area contributed by atoms with Crippen molar-refractivity contribution >= 4 is 45.2 Å². The number of alkyl halides is 2. The van der Waals surface area contributed by atoms with Gasteiger partial charge in [0.05, 0.1) is 0 Å². The monoisotopic (exact) mass is 652 g/mol. The van der Waals surface area contributed by atoms with Crippen LogP contribution in [0.2, 0.25) is 0 Å². The lowest BCUT2D eigenvalue weighted by molar-refractivity contribution is 0.0363. The van der Waals surface area contributed by atoms with E-state index in [1.54, 1.807) is 0 Å². The van der Waals surface area contributed by atoms with Crippen LogP contribution >= 0.6 is 45.2 Å². The molecule has 3 unspecified atom stereocenters. The molecule has 0 aromatic heterocycles. The Morgan fingerprint density at radius 1 is 0.871 bits per heavy atom. The molecule has 0 aromatic rings. The third kappa shape index (κ3) is 6.66. The van der Waals surface area contributed by atoms with Gasteiger partial charge in [0.1, 0.15) is 0 Å². The molecule has 3 rings (SSSR count). The van der Waals surface area contributed by atoms with Gasteiger partial charge in [0, 0.05) is 6.84 Å². The van der Waals surface area contributed by atoms with Crippen LogP contribution in [-0.4, -0.2) is 6.84 Å². The molecule has 0 aromatic carbocycles. The van der Waals surface area contributed by atoms with Crippen LogP contribution in [0.3, 0.4) is 0 Å². The zero-order valence-corrected chi connectivity index (χ0v) is 25.8. The lowest BCUT2D eigenvalue weighted by atomic mass is 9.55. The van der Waals surface area contributed by atoms with Crippen molar-refractivity contribution in [3.05, 3.63) is 11.6 Å². The van der Waals surface area contributed by atoms with E-state index in [4.69, 9.17) is 0 Å². The maximum absolute atomic E-state index is 2.77. The van der Waals surface area contributed by atoms with E-state index in [9.17, 15) is 0 Å². The molecule has 0 bridgehead atoms. The number of hydrogen-bond acceptors (Lipinski definition) is 0. The van der Waals surface area contributed by atoms with Crippen LogP contribution < -0.4 is 0 Å². The number of allylic oxidation sites excluding steroid dienone is 2. The van der Waals surface area contributed by atoms with E-state index in [2.05, 4.69) is 99.7 Å². The van der Waals surface area contributed by atoms with Crippen molar-refractivity contribution in [3.63, 3.8) is 0 Å². The molecule has 0 radical (unpaired) electrons. The molecular formula is C29H50I2. The standard InChI is InChI=1S/C29H50I2/c1-8-21-10-9-11-23(16-21)26-18-27(29(6,7)31)20(3)19(2)25(26)17-22-12-14-24(15-13-22)28(4,5)30/h11,19-22,24-27H,8-10,12-18H2,1-7H3/t19?,20-,21-,22?,24?,25?,26+,27?/m0/s1. The zero-order chi connectivity index (χ0) is 23.0. The highest BCUT2D eigenvalue weighted by molar-refractivity contribution is 14.1. The second-order valence-electron chi connectivity index (χ2n) is 12.7. The largest absolute Gasteiger partial charge is 0.0850 e. The molecule has 180 valence electrons. The highest BCUT2D eigenvalue weighted by Gasteiger charge is 2.47. The molecule has 0 spiro atoms. The van der Waals surface area contributed by atoms with Gasteiger partial charge in [0.25, 0.3) is 0 Å². The van der Waals surface area contributed by atoms with Gasteiger partial charge in [-0.1, -0.05) is 125 Å². The zero-order valence-electron chi connectivity index (χ0n) is 21.5. The minimum absolute atomic E-state index is 0.401. The van der Waals surface area contributed by atoms with Crippen molar-refractivity contribution in [3.8, 4) is 0 Å². The van der Waals surface area contributed by atoms with Gasteiger partial charge in [0.15, 0.2) is 0 Å². The first kappa shape index (κ1) is 26.8. The Morgan fingerprint density at radius 3 is 2.06 bits per heavy atom. The molecule has 0 nitrogen and oxygen atoms in total. The molecule has 0 N–H and O–H groups in total. The Labute approximate surface area is 222 Å². The topological polar surface area (TPSA) is 0 Å². The predicted molar refractivity (Wildman–Crippen MR) is 155 cm³/mol. The first-order valence-electron chi connectivity index (χ1n) is 13.5. The highest BCUT2D eigenvalue weighted by atomic mass is 127. The summed E-state index contributed by atoms with van der Waals surface area (Å²) < 4.78 is 0.872. The fourth-order valence-electron chi connectivity index (χ4n) is 7.64. The molecule has 0 aliphatic heterocycles. The Kier molecular flexibility index (Phi) is 9.38. The summed E-state index contributed by atoms with van der Waals surface area (Å²) in [6.07, 6.45) is 17.1. The molecule has 3 aliphatic carbocycles. The summed E-state index contributed by atoms with van der Waals surface area (Å²) in [7, 11) is 0. The molecule has 2 saturated carbocycles. The molecule has 2 heteroatoms. The quantitative estimate of drug-likeness (QED) is 0.152. The average Bonchev–Trinajstić information content (AvgIpc) is 2.70. The molecule has 6 atom stereocenters. The van der Waals surface area contributed by atoms with Gasteiger partial charge in [0.2, 0.25) is 0 Å². The Morgan fingerprint density at radius 2 is 1.52 bits per heavy atom. The van der Waals surface area contributed by atoms with Gasteiger partial charge < -0.3 is 0 Å². The molecule has 2 fully saturated rings. The second kappa shape index (κ2) is 10.9. The number of hydrogen-bond donors (Lipinski definition) is 0. The van der Waals surface area contributed by atoms with Crippen LogP contribution in [0.1, 0.15) is 113 Å². The number of rotatable bonds is 6. The lowest BCUT2D eigenvalue weighted by Crippen LogP contribution is -2.45. The molecule has 3 aliphatic rings. The molecule has 31 heavy (non-hydrogen) atoms. The fourth-order valence-corrected chi connectivity index (χ4v) is 9.08. The van der Waals surface area contributed by atoms with Crippen molar-refractivity contribution in [2.24, 2.45) is 47.3 Å². The summed E-state index contributed by atoms with van der Waals surface area (Å²) in [5, 5.41) is 0. The van der Waals surface area contributed by atoms with E-state index >= 15 is 0 Å². The Hall–Kier alpha value is 1.20. The summed E-state index contributed by atoms with van der Waals surface area (Å²) in [5.41, 5.74) is 1.88. The summed E-state index contributed by atoms with van der Waals surface area (Å²) in [4.78, 5) is 0. The molecule has 0 amide bonds. The van der Waals surface area contributed by atoms with E-state index in [0.717, 1.165) is 47.3 Å². The van der Waals surface area contributed by atoms with E-state index in [0.29, 0.717) is 6.84 Å². The van der Waals surface area contributed by atoms with Crippen LogP contribution in [0.4, 0.5) is 0 Å². The third-order valence-electron chi connectivity index (χ3n) is 10.0. The predicted octanol–water partition coefficient (Wildman–Crippen LogP) is 10.3. The van der Waals surface area contributed by atoms with Crippen molar-refractivity contribution < 1.29 is 0 Å². The number of halogens is 2. The minimum atomic E-state index is 0.401. The van der Waals surface area contributed by atoms with Crippen molar-refractivity contribution in [2.45, 2.75) is 120 Å². The Balaban J connectivity index is 1.78. The van der Waals surface area contributed by atoms with Crippen LogP contribution in [-0.2, 0) is 0 Å². The summed E-state index contributed by atoms with van der Waals surface area (Å²) in [6, 6.07) is 0. The molecule has 0 saturated heterocycles. The maximum atomic E-state index is 2.77.